The SMILES string of the molecule is CC(C)(C)OC(=O)N[C@@H](Cc1ccccc1)C(=O)N=C1S[C@H]2CS(=O)(=O)C[C@@H]2N1c1ccccc1C(F)(F)F. The highest BCUT2D eigenvalue weighted by molar-refractivity contribution is 8.16. The highest BCUT2D eigenvalue weighted by atomic mass is 32.2. The number of carbonyl (C=O) groups is 2. The number of sulfone groups is 1. The molecule has 39 heavy (non-hydrogen) atoms. The maximum Gasteiger partial charge on any atom is 0.418 e. The molecule has 0 radical (unpaired) electrons. The normalized spacial score (nSPS) is 22.4. The largest absolute Gasteiger partial charge is 0.444 e. The zero-order chi connectivity index (χ0) is 28.6. The zero-order valence-electron chi connectivity index (χ0n) is 21.4. The van der Waals surface area contributed by atoms with E-state index in [0.717, 1.165) is 17.8 Å². The molecule has 0 saturated carbocycles. The lowest BCUT2D eigenvalue weighted by molar-refractivity contribution is -0.137. The molecule has 2 aliphatic rings. The molecule has 2 fully saturated rings. The van der Waals surface area contributed by atoms with E-state index in [4.69, 9.17) is 4.74 Å². The van der Waals surface area contributed by atoms with Crippen LogP contribution in [0.25, 0.3) is 0 Å². The number of alkyl carbamates (subject to hydrolysis) is 1. The monoisotopic (exact) mass is 583 g/mol. The number of nitrogens with one attached hydrogen (secondary N) is 1. The molecule has 0 bridgehead atoms. The van der Waals surface area contributed by atoms with Crippen molar-refractivity contribution in [3.8, 4) is 0 Å². The first kappa shape index (κ1) is 28.9. The summed E-state index contributed by atoms with van der Waals surface area (Å²) >= 11 is 0.951. The van der Waals surface area contributed by atoms with Crippen LogP contribution in [0.3, 0.4) is 0 Å². The average molecular weight is 584 g/mol. The Labute approximate surface area is 228 Å². The van der Waals surface area contributed by atoms with Crippen LogP contribution in [0.4, 0.5) is 23.7 Å². The second kappa shape index (κ2) is 10.8. The summed E-state index contributed by atoms with van der Waals surface area (Å²) in [5, 5.41) is 1.88. The Hall–Kier alpha value is -3.06. The van der Waals surface area contributed by atoms with E-state index >= 15 is 0 Å². The van der Waals surface area contributed by atoms with Gasteiger partial charge < -0.3 is 15.0 Å². The maximum absolute atomic E-state index is 13.9. The number of benzene rings is 2. The van der Waals surface area contributed by atoms with Crippen LogP contribution in [-0.2, 0) is 32.0 Å². The number of alkyl halides is 3. The smallest absolute Gasteiger partial charge is 0.418 e. The number of aliphatic imine (C=N–C) groups is 1. The molecule has 0 spiro atoms. The average Bonchev–Trinajstić information content (AvgIpc) is 3.28. The summed E-state index contributed by atoms with van der Waals surface area (Å²) in [5.74, 6) is -1.41. The topological polar surface area (TPSA) is 105 Å². The van der Waals surface area contributed by atoms with Gasteiger partial charge in [0.25, 0.3) is 5.91 Å². The molecular formula is C26H28F3N3O5S2. The molecule has 0 unspecified atom stereocenters. The number of hydrogen-bond donors (Lipinski definition) is 1. The van der Waals surface area contributed by atoms with Crippen LogP contribution in [0.1, 0.15) is 31.9 Å². The van der Waals surface area contributed by atoms with Gasteiger partial charge in [-0.25, -0.2) is 13.2 Å². The van der Waals surface area contributed by atoms with Crippen molar-refractivity contribution in [1.29, 1.82) is 0 Å². The van der Waals surface area contributed by atoms with Gasteiger partial charge in [-0.2, -0.15) is 18.2 Å². The second-order valence-corrected chi connectivity index (χ2v) is 13.7. The van der Waals surface area contributed by atoms with E-state index in [2.05, 4.69) is 10.3 Å². The van der Waals surface area contributed by atoms with Crippen LogP contribution >= 0.6 is 11.8 Å². The number of halogens is 3. The fraction of sp³-hybridized carbons (Fsp3) is 0.423. The Morgan fingerprint density at radius 2 is 1.72 bits per heavy atom. The van der Waals surface area contributed by atoms with Crippen molar-refractivity contribution < 1.29 is 35.9 Å². The molecule has 2 aliphatic heterocycles. The minimum Gasteiger partial charge on any atom is -0.444 e. The third kappa shape index (κ3) is 7.13. The fourth-order valence-corrected chi connectivity index (χ4v) is 8.35. The van der Waals surface area contributed by atoms with Gasteiger partial charge in [0.05, 0.1) is 28.8 Å². The Balaban J connectivity index is 1.72. The number of carbonyl (C=O) groups excluding carboxylic acids is 2. The molecule has 2 aromatic rings. The van der Waals surface area contributed by atoms with Gasteiger partial charge in [0.1, 0.15) is 11.6 Å². The van der Waals surface area contributed by atoms with Gasteiger partial charge in [0.2, 0.25) is 0 Å². The van der Waals surface area contributed by atoms with Gasteiger partial charge in [-0.3, -0.25) is 4.79 Å². The highest BCUT2D eigenvalue weighted by Crippen LogP contribution is 2.45. The van der Waals surface area contributed by atoms with Crippen LogP contribution in [0.2, 0.25) is 0 Å². The molecule has 2 saturated heterocycles. The van der Waals surface area contributed by atoms with Gasteiger partial charge >= 0.3 is 12.3 Å². The van der Waals surface area contributed by atoms with Crippen molar-refractivity contribution in [1.82, 2.24) is 5.32 Å². The lowest BCUT2D eigenvalue weighted by Crippen LogP contribution is -2.45. The number of ether oxygens (including phenoxy) is 1. The van der Waals surface area contributed by atoms with Crippen molar-refractivity contribution in [2.75, 3.05) is 16.4 Å². The van der Waals surface area contributed by atoms with Crippen molar-refractivity contribution in [3.63, 3.8) is 0 Å². The van der Waals surface area contributed by atoms with Crippen molar-refractivity contribution in [3.05, 3.63) is 65.7 Å². The van der Waals surface area contributed by atoms with E-state index in [-0.39, 0.29) is 28.8 Å². The molecule has 3 atom stereocenters. The standard InChI is InChI=1S/C26H28F3N3O5S2/c1-25(2,3)37-24(34)30-18(13-16-9-5-4-6-10-16)22(33)31-23-32(20-14-39(35,36)15-21(20)38-23)19-12-8-7-11-17(19)26(27,28)29/h4-12,18,20-21H,13-15H2,1-3H3,(H,30,34)/t18-,20-,21-/m0/s1. The molecule has 1 N–H and O–H groups in total. The number of fused-ring (bicyclic) bond motifs is 1. The lowest BCUT2D eigenvalue weighted by Gasteiger charge is -2.28. The summed E-state index contributed by atoms with van der Waals surface area (Å²) in [7, 11) is -3.49. The number of nitrogens with zero attached hydrogens (tertiary/aromatic N) is 2. The summed E-state index contributed by atoms with van der Waals surface area (Å²) in [6, 6.07) is 11.6. The molecule has 210 valence electrons. The number of anilines is 1. The van der Waals surface area contributed by atoms with Crippen LogP contribution in [0, 0.1) is 0 Å². The van der Waals surface area contributed by atoms with E-state index < -0.39 is 56.5 Å². The number of thioether (sulfide) groups is 1. The summed E-state index contributed by atoms with van der Waals surface area (Å²) in [6.45, 7) is 5.00. The van der Waals surface area contributed by atoms with Crippen LogP contribution in [-0.4, -0.2) is 60.0 Å². The van der Waals surface area contributed by atoms with Gasteiger partial charge in [-0.05, 0) is 38.5 Å². The quantitative estimate of drug-likeness (QED) is 0.555. The van der Waals surface area contributed by atoms with Gasteiger partial charge in [-0.15, -0.1) is 0 Å². The Morgan fingerprint density at radius 3 is 2.36 bits per heavy atom. The van der Waals surface area contributed by atoms with Crippen molar-refractivity contribution in [2.45, 2.75) is 56.3 Å². The van der Waals surface area contributed by atoms with Crippen molar-refractivity contribution in [2.24, 2.45) is 4.99 Å². The fourth-order valence-electron chi connectivity index (χ4n) is 4.44. The van der Waals surface area contributed by atoms with Crippen LogP contribution in [0.5, 0.6) is 0 Å². The predicted octanol–water partition coefficient (Wildman–Crippen LogP) is 4.44. The minimum absolute atomic E-state index is 0.0503. The number of para-hydroxylation sites is 1. The first-order chi connectivity index (χ1) is 18.1. The first-order valence-corrected chi connectivity index (χ1v) is 14.8. The molecule has 0 aliphatic carbocycles. The Morgan fingerprint density at radius 1 is 1.08 bits per heavy atom. The molecule has 2 amide bonds. The Kier molecular flexibility index (Phi) is 8.04. The molecular weight excluding hydrogens is 555 g/mol. The van der Waals surface area contributed by atoms with Crippen molar-refractivity contribution >= 4 is 44.5 Å². The second-order valence-electron chi connectivity index (χ2n) is 10.3. The summed E-state index contributed by atoms with van der Waals surface area (Å²) < 4.78 is 71.7. The molecule has 8 nitrogen and oxygen atoms in total. The third-order valence-corrected chi connectivity index (χ3v) is 9.22. The molecule has 2 heterocycles. The Bertz CT molecular complexity index is 1380. The van der Waals surface area contributed by atoms with E-state index in [9.17, 15) is 31.2 Å². The van der Waals surface area contributed by atoms with E-state index in [1.165, 1.54) is 23.1 Å². The molecule has 13 heteroatoms. The predicted molar refractivity (Wildman–Crippen MR) is 143 cm³/mol. The van der Waals surface area contributed by atoms with E-state index in [1.54, 1.807) is 51.1 Å². The first-order valence-electron chi connectivity index (χ1n) is 12.1. The van der Waals surface area contributed by atoms with Gasteiger partial charge in [0.15, 0.2) is 15.0 Å². The number of amidine groups is 1. The third-order valence-electron chi connectivity index (χ3n) is 6.01. The lowest BCUT2D eigenvalue weighted by atomic mass is 10.1. The van der Waals surface area contributed by atoms with E-state index in [1.807, 2.05) is 0 Å². The highest BCUT2D eigenvalue weighted by Gasteiger charge is 2.51. The van der Waals surface area contributed by atoms with Gasteiger partial charge in [0, 0.05) is 11.7 Å². The minimum atomic E-state index is -4.72. The zero-order valence-corrected chi connectivity index (χ0v) is 23.1. The molecule has 0 aromatic heterocycles. The van der Waals surface area contributed by atoms with Crippen LogP contribution in [0.15, 0.2) is 59.6 Å². The number of hydrogen-bond acceptors (Lipinski definition) is 6. The summed E-state index contributed by atoms with van der Waals surface area (Å²) in [4.78, 5) is 31.4. The maximum atomic E-state index is 13.9. The number of amides is 2. The van der Waals surface area contributed by atoms with Crippen LogP contribution < -0.4 is 10.2 Å². The van der Waals surface area contributed by atoms with Gasteiger partial charge in [-0.1, -0.05) is 54.2 Å². The summed E-state index contributed by atoms with van der Waals surface area (Å²) in [5.41, 5.74) is -1.37. The van der Waals surface area contributed by atoms with E-state index in [0.29, 0.717) is 5.56 Å². The number of rotatable bonds is 5. The summed E-state index contributed by atoms with van der Waals surface area (Å²) in [6.07, 6.45) is -5.51. The molecule has 2 aromatic carbocycles. The molecule has 4 rings (SSSR count).